The molecule has 1 rings (SSSR count). The molecule has 7 N–H and O–H groups in total. The molecule has 0 saturated heterocycles. The van der Waals surface area contributed by atoms with Crippen LogP contribution in [0.15, 0.2) is 26.6 Å². The number of carboxylic acids is 1. The number of nitrogens with zero attached hydrogens (tertiary/aromatic N) is 2. The van der Waals surface area contributed by atoms with Crippen molar-refractivity contribution < 1.29 is 14.3 Å². The Morgan fingerprint density at radius 1 is 1.33 bits per heavy atom. The maximum atomic E-state index is 13.5. The maximum absolute atomic E-state index is 13.5. The second-order valence-electron chi connectivity index (χ2n) is 3.06. The molecule has 0 radical (unpaired) electrons. The predicted octanol–water partition coefficient (Wildman–Crippen LogP) is 0.506. The van der Waals surface area contributed by atoms with E-state index in [1.807, 2.05) is 0 Å². The van der Waals surface area contributed by atoms with Gasteiger partial charge in [0, 0.05) is 4.47 Å². The maximum Gasteiger partial charge on any atom is 0.339 e. The number of aromatic carboxylic acids is 1. The van der Waals surface area contributed by atoms with E-state index in [4.69, 9.17) is 22.3 Å². The first kappa shape index (κ1) is 13.9. The van der Waals surface area contributed by atoms with E-state index in [1.54, 1.807) is 0 Å². The third-order valence-corrected chi connectivity index (χ3v) is 2.42. The number of carboxylic acid groups (broad SMARTS) is 1. The minimum absolute atomic E-state index is 0.160. The number of aliphatic imine (C=N–C) groups is 2. The topological polar surface area (TPSA) is 140 Å². The zero-order chi connectivity index (χ0) is 13.9. The number of carbonyl (C=O) groups is 1. The van der Waals surface area contributed by atoms with Gasteiger partial charge in [-0.05, 0) is 28.1 Å². The van der Waals surface area contributed by atoms with Gasteiger partial charge in [0.25, 0.3) is 0 Å². The Bertz CT molecular complexity index is 554. The van der Waals surface area contributed by atoms with Crippen molar-refractivity contribution in [3.8, 4) is 0 Å². The molecule has 0 heterocycles. The summed E-state index contributed by atoms with van der Waals surface area (Å²) < 4.78 is 13.7. The zero-order valence-corrected chi connectivity index (χ0v) is 10.5. The molecule has 0 aliphatic carbocycles. The van der Waals surface area contributed by atoms with Gasteiger partial charge in [0.1, 0.15) is 17.1 Å². The molecule has 0 fully saturated rings. The number of hydrogen-bond acceptors (Lipinski definition) is 2. The lowest BCUT2D eigenvalue weighted by molar-refractivity contribution is 0.0696. The average Bonchev–Trinajstić information content (AvgIpc) is 2.21. The van der Waals surface area contributed by atoms with Crippen LogP contribution in [0.4, 0.5) is 10.1 Å². The first-order chi connectivity index (χ1) is 8.32. The lowest BCUT2D eigenvalue weighted by Gasteiger charge is -2.05. The molecule has 96 valence electrons. The van der Waals surface area contributed by atoms with E-state index in [2.05, 4.69) is 25.9 Å². The summed E-state index contributed by atoms with van der Waals surface area (Å²) in [5, 5.41) is 8.97. The van der Waals surface area contributed by atoms with Crippen LogP contribution in [0.2, 0.25) is 0 Å². The number of benzene rings is 1. The Morgan fingerprint density at radius 3 is 2.44 bits per heavy atom. The minimum atomic E-state index is -1.36. The van der Waals surface area contributed by atoms with Gasteiger partial charge in [-0.25, -0.2) is 14.2 Å². The SMILES string of the molecule is NC(N)=NC(N)=Nc1c(F)ccc(Br)c1C(=O)O. The van der Waals surface area contributed by atoms with Crippen LogP contribution in [0.1, 0.15) is 10.4 Å². The number of rotatable bonds is 2. The average molecular weight is 318 g/mol. The first-order valence-corrected chi connectivity index (χ1v) is 5.27. The van der Waals surface area contributed by atoms with Crippen molar-refractivity contribution in [3.05, 3.63) is 28.0 Å². The van der Waals surface area contributed by atoms with Crippen molar-refractivity contribution in [1.29, 1.82) is 0 Å². The molecule has 7 nitrogen and oxygen atoms in total. The number of hydrogen-bond donors (Lipinski definition) is 4. The van der Waals surface area contributed by atoms with Gasteiger partial charge >= 0.3 is 5.97 Å². The number of halogens is 2. The van der Waals surface area contributed by atoms with Gasteiger partial charge in [0.05, 0.1) is 0 Å². The highest BCUT2D eigenvalue weighted by atomic mass is 79.9. The van der Waals surface area contributed by atoms with E-state index in [0.717, 1.165) is 6.07 Å². The highest BCUT2D eigenvalue weighted by Gasteiger charge is 2.18. The summed E-state index contributed by atoms with van der Waals surface area (Å²) in [6.45, 7) is 0. The fraction of sp³-hybridized carbons (Fsp3) is 0. The monoisotopic (exact) mass is 317 g/mol. The van der Waals surface area contributed by atoms with E-state index in [0.29, 0.717) is 0 Å². The molecule has 0 unspecified atom stereocenters. The highest BCUT2D eigenvalue weighted by Crippen LogP contribution is 2.30. The van der Waals surface area contributed by atoms with E-state index >= 15 is 0 Å². The smallest absolute Gasteiger partial charge is 0.339 e. The van der Waals surface area contributed by atoms with Crippen molar-refractivity contribution in [2.24, 2.45) is 27.2 Å². The Morgan fingerprint density at radius 2 is 1.94 bits per heavy atom. The summed E-state index contributed by atoms with van der Waals surface area (Å²) >= 11 is 2.98. The molecule has 18 heavy (non-hydrogen) atoms. The van der Waals surface area contributed by atoms with Crippen molar-refractivity contribution in [2.75, 3.05) is 0 Å². The molecule has 0 bridgehead atoms. The van der Waals surface area contributed by atoms with E-state index in [1.165, 1.54) is 6.07 Å². The Balaban J connectivity index is 3.45. The van der Waals surface area contributed by atoms with E-state index in [-0.39, 0.29) is 16.0 Å². The van der Waals surface area contributed by atoms with Crippen LogP contribution in [0.5, 0.6) is 0 Å². The van der Waals surface area contributed by atoms with E-state index in [9.17, 15) is 9.18 Å². The third kappa shape index (κ3) is 3.17. The standard InChI is InChI=1S/C9H9BrFN5O2/c10-3-1-2-4(11)6(5(3)7(17)18)15-9(14)16-8(12)13/h1-2H,(H,17,18)(H6,12,13,14,15,16). The van der Waals surface area contributed by atoms with Gasteiger partial charge in [-0.3, -0.25) is 0 Å². The fourth-order valence-electron chi connectivity index (χ4n) is 1.13. The minimum Gasteiger partial charge on any atom is -0.478 e. The second kappa shape index (κ2) is 5.45. The van der Waals surface area contributed by atoms with Crippen molar-refractivity contribution in [3.63, 3.8) is 0 Å². The summed E-state index contributed by atoms with van der Waals surface area (Å²) in [6, 6.07) is 2.28. The third-order valence-electron chi connectivity index (χ3n) is 1.76. The van der Waals surface area contributed by atoms with Crippen molar-refractivity contribution in [2.45, 2.75) is 0 Å². The molecule has 0 aliphatic heterocycles. The molecular formula is C9H9BrFN5O2. The van der Waals surface area contributed by atoms with Gasteiger partial charge in [-0.2, -0.15) is 4.99 Å². The summed E-state index contributed by atoms with van der Waals surface area (Å²) in [5.74, 6) is -3.04. The van der Waals surface area contributed by atoms with Crippen LogP contribution < -0.4 is 17.2 Å². The van der Waals surface area contributed by atoms with Crippen molar-refractivity contribution >= 4 is 39.5 Å². The Hall–Kier alpha value is -2.16. The van der Waals surface area contributed by atoms with Gasteiger partial charge in [-0.1, -0.05) is 0 Å². The van der Waals surface area contributed by atoms with Crippen molar-refractivity contribution in [1.82, 2.24) is 0 Å². The van der Waals surface area contributed by atoms with Gasteiger partial charge in [0.15, 0.2) is 5.96 Å². The normalized spacial score (nSPS) is 11.1. The molecule has 0 saturated carbocycles. The molecule has 9 heteroatoms. The van der Waals surface area contributed by atoms with Crippen LogP contribution in [0.25, 0.3) is 0 Å². The second-order valence-corrected chi connectivity index (χ2v) is 3.92. The molecule has 0 spiro atoms. The van der Waals surface area contributed by atoms with Crippen LogP contribution in [0, 0.1) is 5.82 Å². The molecule has 0 aliphatic rings. The lowest BCUT2D eigenvalue weighted by atomic mass is 10.2. The Kier molecular flexibility index (Phi) is 4.21. The lowest BCUT2D eigenvalue weighted by Crippen LogP contribution is -2.26. The molecule has 1 aromatic carbocycles. The zero-order valence-electron chi connectivity index (χ0n) is 8.89. The summed E-state index contributed by atoms with van der Waals surface area (Å²) in [4.78, 5) is 17.9. The Labute approximate surface area is 109 Å². The summed E-state index contributed by atoms with van der Waals surface area (Å²) in [5.41, 5.74) is 14.6. The number of nitrogens with two attached hydrogens (primary N) is 3. The first-order valence-electron chi connectivity index (χ1n) is 4.48. The molecule has 0 aromatic heterocycles. The van der Waals surface area contributed by atoms with Gasteiger partial charge < -0.3 is 22.3 Å². The molecular weight excluding hydrogens is 309 g/mol. The summed E-state index contributed by atoms with van der Waals surface area (Å²) in [6.07, 6.45) is 0. The van der Waals surface area contributed by atoms with Crippen LogP contribution in [-0.2, 0) is 0 Å². The van der Waals surface area contributed by atoms with Gasteiger partial charge in [-0.15, -0.1) is 0 Å². The van der Waals surface area contributed by atoms with Gasteiger partial charge in [0.2, 0.25) is 5.96 Å². The number of guanidine groups is 2. The van der Waals surface area contributed by atoms with E-state index < -0.39 is 23.4 Å². The molecule has 0 amide bonds. The molecule has 0 atom stereocenters. The predicted molar refractivity (Wildman–Crippen MR) is 68.2 cm³/mol. The highest BCUT2D eigenvalue weighted by molar-refractivity contribution is 9.10. The van der Waals surface area contributed by atoms with Crippen LogP contribution >= 0.6 is 15.9 Å². The molecule has 1 aromatic rings. The van der Waals surface area contributed by atoms with Crippen LogP contribution in [-0.4, -0.2) is 23.0 Å². The van der Waals surface area contributed by atoms with Crippen LogP contribution in [0.3, 0.4) is 0 Å². The quantitative estimate of drug-likeness (QED) is 0.464. The fourth-order valence-corrected chi connectivity index (χ4v) is 1.62. The summed E-state index contributed by atoms with van der Waals surface area (Å²) in [7, 11) is 0. The largest absolute Gasteiger partial charge is 0.478 e.